The van der Waals surface area contributed by atoms with Crippen molar-refractivity contribution in [3.63, 3.8) is 0 Å². The number of aromatic amines is 1. The van der Waals surface area contributed by atoms with Crippen molar-refractivity contribution in [3.05, 3.63) is 102 Å². The molecule has 6 heteroatoms. The summed E-state index contributed by atoms with van der Waals surface area (Å²) in [7, 11) is 1.55. The molecule has 1 amide bonds. The van der Waals surface area contributed by atoms with E-state index in [1.807, 2.05) is 48.5 Å². The summed E-state index contributed by atoms with van der Waals surface area (Å²) < 4.78 is 11.0. The van der Waals surface area contributed by atoms with Gasteiger partial charge < -0.3 is 19.8 Å². The van der Waals surface area contributed by atoms with Gasteiger partial charge in [0.05, 0.1) is 30.5 Å². The van der Waals surface area contributed by atoms with Gasteiger partial charge in [0.2, 0.25) is 0 Å². The standard InChI is InChI=1S/C25H23N3O3/c1-3-13-31-22-12-10-19(15-23(22)30-2)25(29)28-24(17-7-5-4-6-8-17)18-9-11-20-21(14-18)27-16-26-20/h3-12,14-16,24H,1,13H2,2H3,(H,26,27)(H,28,29). The summed E-state index contributed by atoms with van der Waals surface area (Å²) in [6, 6.07) is 20.6. The van der Waals surface area contributed by atoms with Gasteiger partial charge in [-0.25, -0.2) is 4.98 Å². The lowest BCUT2D eigenvalue weighted by atomic mass is 9.97. The van der Waals surface area contributed by atoms with Crippen LogP contribution in [0.1, 0.15) is 27.5 Å². The smallest absolute Gasteiger partial charge is 0.252 e. The van der Waals surface area contributed by atoms with Crippen LogP contribution in [-0.2, 0) is 0 Å². The molecule has 1 atom stereocenters. The van der Waals surface area contributed by atoms with E-state index in [0.29, 0.717) is 23.7 Å². The second kappa shape index (κ2) is 9.17. The van der Waals surface area contributed by atoms with Crippen LogP contribution in [0.4, 0.5) is 0 Å². The first-order valence-corrected chi connectivity index (χ1v) is 9.90. The SMILES string of the molecule is C=CCOc1ccc(C(=O)NC(c2ccccc2)c2ccc3nc[nH]c3c2)cc1OC. The fourth-order valence-electron chi connectivity index (χ4n) is 3.43. The van der Waals surface area contributed by atoms with Crippen LogP contribution in [0.25, 0.3) is 11.0 Å². The topological polar surface area (TPSA) is 76.2 Å². The van der Waals surface area contributed by atoms with Gasteiger partial charge >= 0.3 is 0 Å². The number of hydrogen-bond acceptors (Lipinski definition) is 4. The lowest BCUT2D eigenvalue weighted by Gasteiger charge is -2.20. The minimum Gasteiger partial charge on any atom is -0.493 e. The van der Waals surface area contributed by atoms with Crippen LogP contribution < -0.4 is 14.8 Å². The van der Waals surface area contributed by atoms with E-state index in [1.54, 1.807) is 37.7 Å². The maximum atomic E-state index is 13.2. The number of aromatic nitrogens is 2. The number of methoxy groups -OCH3 is 1. The van der Waals surface area contributed by atoms with Gasteiger partial charge in [-0.3, -0.25) is 4.79 Å². The highest BCUT2D eigenvalue weighted by molar-refractivity contribution is 5.95. The highest BCUT2D eigenvalue weighted by Crippen LogP contribution is 2.29. The predicted octanol–water partition coefficient (Wildman–Crippen LogP) is 4.66. The molecule has 0 aliphatic carbocycles. The Labute approximate surface area is 180 Å². The van der Waals surface area contributed by atoms with Crippen molar-refractivity contribution in [2.45, 2.75) is 6.04 Å². The van der Waals surface area contributed by atoms with Crippen molar-refractivity contribution < 1.29 is 14.3 Å². The van der Waals surface area contributed by atoms with Crippen molar-refractivity contribution in [2.24, 2.45) is 0 Å². The predicted molar refractivity (Wildman–Crippen MR) is 121 cm³/mol. The molecule has 0 fully saturated rings. The molecule has 0 radical (unpaired) electrons. The molecule has 1 unspecified atom stereocenters. The van der Waals surface area contributed by atoms with Gasteiger partial charge in [-0.05, 0) is 41.5 Å². The largest absolute Gasteiger partial charge is 0.493 e. The van der Waals surface area contributed by atoms with Crippen LogP contribution >= 0.6 is 0 Å². The molecular formula is C25H23N3O3. The average Bonchev–Trinajstić information content (AvgIpc) is 3.29. The summed E-state index contributed by atoms with van der Waals surface area (Å²) in [6.45, 7) is 4.00. The zero-order valence-electron chi connectivity index (χ0n) is 17.2. The average molecular weight is 413 g/mol. The molecule has 0 saturated heterocycles. The van der Waals surface area contributed by atoms with Crippen molar-refractivity contribution in [3.8, 4) is 11.5 Å². The van der Waals surface area contributed by atoms with E-state index in [2.05, 4.69) is 21.9 Å². The van der Waals surface area contributed by atoms with Gasteiger partial charge in [0.25, 0.3) is 5.91 Å². The first kappa shape index (κ1) is 20.2. The lowest BCUT2D eigenvalue weighted by Crippen LogP contribution is -2.29. The maximum absolute atomic E-state index is 13.2. The van der Waals surface area contributed by atoms with Crippen LogP contribution in [0, 0.1) is 0 Å². The molecular weight excluding hydrogens is 390 g/mol. The molecule has 4 aromatic rings. The number of fused-ring (bicyclic) bond motifs is 1. The number of carbonyl (C=O) groups excluding carboxylic acids is 1. The van der Waals surface area contributed by atoms with Gasteiger partial charge in [0.15, 0.2) is 11.5 Å². The van der Waals surface area contributed by atoms with Crippen molar-refractivity contribution in [2.75, 3.05) is 13.7 Å². The third kappa shape index (κ3) is 4.43. The van der Waals surface area contributed by atoms with E-state index in [4.69, 9.17) is 9.47 Å². The zero-order chi connectivity index (χ0) is 21.6. The number of carbonyl (C=O) groups is 1. The third-order valence-electron chi connectivity index (χ3n) is 4.97. The molecule has 4 rings (SSSR count). The monoisotopic (exact) mass is 413 g/mol. The second-order valence-electron chi connectivity index (χ2n) is 6.96. The summed E-state index contributed by atoms with van der Waals surface area (Å²) in [5, 5.41) is 3.15. The Bertz CT molecular complexity index is 1200. The lowest BCUT2D eigenvalue weighted by molar-refractivity contribution is 0.0942. The molecule has 0 saturated carbocycles. The molecule has 0 aliphatic heterocycles. The van der Waals surface area contributed by atoms with Gasteiger partial charge in [0, 0.05) is 5.56 Å². The number of amides is 1. The van der Waals surface area contributed by atoms with Crippen LogP contribution in [-0.4, -0.2) is 29.6 Å². The summed E-state index contributed by atoms with van der Waals surface area (Å²) >= 11 is 0. The Balaban J connectivity index is 1.65. The number of nitrogens with one attached hydrogen (secondary N) is 2. The first-order chi connectivity index (χ1) is 15.2. The summed E-state index contributed by atoms with van der Waals surface area (Å²) in [6.07, 6.45) is 3.31. The van der Waals surface area contributed by atoms with Gasteiger partial charge in [-0.15, -0.1) is 0 Å². The highest BCUT2D eigenvalue weighted by Gasteiger charge is 2.19. The minimum atomic E-state index is -0.330. The highest BCUT2D eigenvalue weighted by atomic mass is 16.5. The van der Waals surface area contributed by atoms with Crippen molar-refractivity contribution in [1.29, 1.82) is 0 Å². The van der Waals surface area contributed by atoms with Crippen LogP contribution in [0.2, 0.25) is 0 Å². The number of rotatable bonds is 8. The molecule has 31 heavy (non-hydrogen) atoms. The Morgan fingerprint density at radius 2 is 1.94 bits per heavy atom. The Morgan fingerprint density at radius 1 is 1.10 bits per heavy atom. The third-order valence-corrected chi connectivity index (χ3v) is 4.97. The van der Waals surface area contributed by atoms with E-state index in [1.165, 1.54) is 0 Å². The van der Waals surface area contributed by atoms with E-state index >= 15 is 0 Å². The van der Waals surface area contributed by atoms with Crippen molar-refractivity contribution >= 4 is 16.9 Å². The van der Waals surface area contributed by atoms with Crippen LogP contribution in [0.15, 0.2) is 85.7 Å². The number of H-pyrrole nitrogens is 1. The maximum Gasteiger partial charge on any atom is 0.252 e. The van der Waals surface area contributed by atoms with E-state index in [-0.39, 0.29) is 11.9 Å². The minimum absolute atomic E-state index is 0.216. The van der Waals surface area contributed by atoms with Crippen LogP contribution in [0.5, 0.6) is 11.5 Å². The molecule has 0 spiro atoms. The first-order valence-electron chi connectivity index (χ1n) is 9.90. The fraction of sp³-hybridized carbons (Fsp3) is 0.120. The molecule has 0 aliphatic rings. The normalized spacial score (nSPS) is 11.6. The van der Waals surface area contributed by atoms with E-state index in [0.717, 1.165) is 22.2 Å². The number of nitrogens with zero attached hydrogens (tertiary/aromatic N) is 1. The number of benzene rings is 3. The van der Waals surface area contributed by atoms with Gasteiger partial charge in [-0.1, -0.05) is 49.1 Å². The van der Waals surface area contributed by atoms with E-state index in [9.17, 15) is 4.79 Å². The summed E-state index contributed by atoms with van der Waals surface area (Å²) in [5.74, 6) is 0.833. The molecule has 1 aromatic heterocycles. The number of imidazole rings is 1. The van der Waals surface area contributed by atoms with Crippen molar-refractivity contribution in [1.82, 2.24) is 15.3 Å². The molecule has 6 nitrogen and oxygen atoms in total. The Hall–Kier alpha value is -4.06. The van der Waals surface area contributed by atoms with Crippen LogP contribution in [0.3, 0.4) is 0 Å². The van der Waals surface area contributed by atoms with Gasteiger partial charge in [0.1, 0.15) is 6.61 Å². The Morgan fingerprint density at radius 3 is 2.71 bits per heavy atom. The second-order valence-corrected chi connectivity index (χ2v) is 6.96. The summed E-state index contributed by atoms with van der Waals surface area (Å²) in [4.78, 5) is 20.6. The Kier molecular flexibility index (Phi) is 5.98. The zero-order valence-corrected chi connectivity index (χ0v) is 17.2. The molecule has 1 heterocycles. The number of ether oxygens (including phenoxy) is 2. The fourth-order valence-corrected chi connectivity index (χ4v) is 3.43. The molecule has 2 N–H and O–H groups in total. The summed E-state index contributed by atoms with van der Waals surface area (Å²) in [5.41, 5.74) is 4.20. The van der Waals surface area contributed by atoms with Gasteiger partial charge in [-0.2, -0.15) is 0 Å². The van der Waals surface area contributed by atoms with E-state index < -0.39 is 0 Å². The molecule has 3 aromatic carbocycles. The quantitative estimate of drug-likeness (QED) is 0.412. The molecule has 0 bridgehead atoms. The molecule has 156 valence electrons. The number of hydrogen-bond donors (Lipinski definition) is 2.